The van der Waals surface area contributed by atoms with E-state index in [1.165, 1.54) is 0 Å². The van der Waals surface area contributed by atoms with Crippen LogP contribution >= 0.6 is 0 Å². The van der Waals surface area contributed by atoms with Gasteiger partial charge >= 0.3 is 5.97 Å². The van der Waals surface area contributed by atoms with E-state index in [0.717, 1.165) is 55.6 Å². The first-order valence-electron chi connectivity index (χ1n) is 9.16. The fourth-order valence-electron chi connectivity index (χ4n) is 4.00. The minimum absolute atomic E-state index is 0.0727. The molecule has 0 aliphatic carbocycles. The van der Waals surface area contributed by atoms with Crippen molar-refractivity contribution in [1.29, 1.82) is 0 Å². The van der Waals surface area contributed by atoms with Crippen molar-refractivity contribution in [2.45, 2.75) is 27.3 Å². The Labute approximate surface area is 163 Å². The van der Waals surface area contributed by atoms with Crippen molar-refractivity contribution in [3.05, 3.63) is 59.4 Å². The average Bonchev–Trinajstić information content (AvgIpc) is 2.91. The summed E-state index contributed by atoms with van der Waals surface area (Å²) >= 11 is 0. The topological polar surface area (TPSA) is 64.3 Å². The number of methoxy groups -OCH3 is 1. The maximum atomic E-state index is 11.5. The van der Waals surface area contributed by atoms with Crippen molar-refractivity contribution in [3.8, 4) is 16.9 Å². The summed E-state index contributed by atoms with van der Waals surface area (Å²) in [4.78, 5) is 16.2. The first-order chi connectivity index (χ1) is 13.4. The normalized spacial score (nSPS) is 11.3. The fourth-order valence-corrected chi connectivity index (χ4v) is 4.00. The Kier molecular flexibility index (Phi) is 4.30. The summed E-state index contributed by atoms with van der Waals surface area (Å²) in [5, 5.41) is 11.5. The molecule has 0 atom stereocenters. The van der Waals surface area contributed by atoms with E-state index in [1.807, 2.05) is 55.7 Å². The Morgan fingerprint density at radius 3 is 2.61 bits per heavy atom. The molecule has 2 aromatic heterocycles. The van der Waals surface area contributed by atoms with Crippen molar-refractivity contribution >= 4 is 27.8 Å². The van der Waals surface area contributed by atoms with E-state index in [0.29, 0.717) is 0 Å². The molecular weight excluding hydrogens is 352 g/mol. The van der Waals surface area contributed by atoms with E-state index in [9.17, 15) is 9.90 Å². The number of pyridine rings is 1. The first kappa shape index (κ1) is 18.0. The first-order valence-corrected chi connectivity index (χ1v) is 9.16. The van der Waals surface area contributed by atoms with Gasteiger partial charge in [-0.15, -0.1) is 0 Å². The summed E-state index contributed by atoms with van der Waals surface area (Å²) in [5.74, 6) is -0.130. The third-order valence-corrected chi connectivity index (χ3v) is 5.19. The molecule has 5 nitrogen and oxygen atoms in total. The molecule has 5 heteroatoms. The minimum Gasteiger partial charge on any atom is -0.494 e. The summed E-state index contributed by atoms with van der Waals surface area (Å²) in [6.45, 7) is 5.92. The van der Waals surface area contributed by atoms with Crippen LogP contribution in [0.1, 0.15) is 17.0 Å². The number of hydrogen-bond acceptors (Lipinski definition) is 3. The van der Waals surface area contributed by atoms with Crippen LogP contribution in [0.25, 0.3) is 32.9 Å². The second-order valence-corrected chi connectivity index (χ2v) is 7.13. The van der Waals surface area contributed by atoms with Crippen LogP contribution in [0.4, 0.5) is 0 Å². The molecule has 0 bridgehead atoms. The van der Waals surface area contributed by atoms with E-state index in [-0.39, 0.29) is 6.54 Å². The van der Waals surface area contributed by atoms with Gasteiger partial charge in [-0.3, -0.25) is 4.79 Å². The van der Waals surface area contributed by atoms with Crippen LogP contribution in [0, 0.1) is 20.8 Å². The number of carboxylic acid groups (broad SMARTS) is 1. The lowest BCUT2D eigenvalue weighted by atomic mass is 9.96. The number of nitrogens with zero attached hydrogens (tertiary/aromatic N) is 2. The molecule has 0 aliphatic heterocycles. The van der Waals surface area contributed by atoms with E-state index in [1.54, 1.807) is 7.11 Å². The van der Waals surface area contributed by atoms with E-state index in [2.05, 4.69) is 17.1 Å². The Morgan fingerprint density at radius 2 is 1.89 bits per heavy atom. The van der Waals surface area contributed by atoms with Crippen molar-refractivity contribution < 1.29 is 14.6 Å². The lowest BCUT2D eigenvalue weighted by molar-refractivity contribution is -0.137. The van der Waals surface area contributed by atoms with Gasteiger partial charge in [0, 0.05) is 33.2 Å². The number of aliphatic carboxylic acids is 1. The number of carbonyl (C=O) groups is 1. The average molecular weight is 374 g/mol. The van der Waals surface area contributed by atoms with Crippen molar-refractivity contribution in [2.24, 2.45) is 0 Å². The lowest BCUT2D eigenvalue weighted by Gasteiger charge is -2.12. The third kappa shape index (κ3) is 2.80. The van der Waals surface area contributed by atoms with Crippen molar-refractivity contribution in [2.75, 3.05) is 7.11 Å². The highest BCUT2D eigenvalue weighted by molar-refractivity contribution is 6.07. The summed E-state index contributed by atoms with van der Waals surface area (Å²) < 4.78 is 7.39. The molecule has 0 saturated carbocycles. The number of aromatic nitrogens is 2. The standard InChI is InChI=1S/C23H22N2O3/c1-13-8-9-19-18(10-13)22(15(3)25(19)12-21(26)27)17-11-14(2)24-23-16(17)6-5-7-20(23)28-4/h5-11H,12H2,1-4H3,(H,26,27). The number of benzene rings is 2. The molecular formula is C23H22N2O3. The number of carboxylic acids is 1. The predicted molar refractivity (Wildman–Crippen MR) is 111 cm³/mol. The van der Waals surface area contributed by atoms with Gasteiger partial charge in [-0.2, -0.15) is 0 Å². The number of aryl methyl sites for hydroxylation is 2. The fraction of sp³-hybridized carbons (Fsp3) is 0.217. The molecule has 0 aliphatic rings. The van der Waals surface area contributed by atoms with Crippen LogP contribution in [0.3, 0.4) is 0 Å². The molecule has 0 radical (unpaired) electrons. The molecule has 0 fully saturated rings. The Bertz CT molecular complexity index is 1240. The molecule has 2 aromatic carbocycles. The van der Waals surface area contributed by atoms with E-state index in [4.69, 9.17) is 4.74 Å². The maximum Gasteiger partial charge on any atom is 0.323 e. The zero-order chi connectivity index (χ0) is 20.0. The van der Waals surface area contributed by atoms with E-state index < -0.39 is 5.97 Å². The SMILES string of the molecule is COc1cccc2c(-c3c(C)n(CC(=O)O)c4ccc(C)cc34)cc(C)nc12. The van der Waals surface area contributed by atoms with Gasteiger partial charge < -0.3 is 14.4 Å². The molecule has 0 amide bonds. The Balaban J connectivity index is 2.14. The molecule has 0 saturated heterocycles. The number of ether oxygens (including phenoxy) is 1. The highest BCUT2D eigenvalue weighted by Gasteiger charge is 2.20. The Hall–Kier alpha value is -3.34. The lowest BCUT2D eigenvalue weighted by Crippen LogP contribution is -2.09. The van der Waals surface area contributed by atoms with Gasteiger partial charge in [0.25, 0.3) is 0 Å². The molecule has 1 N–H and O–H groups in total. The van der Waals surface area contributed by atoms with Gasteiger partial charge in [-0.05, 0) is 50.6 Å². The molecule has 0 spiro atoms. The van der Waals surface area contributed by atoms with Gasteiger partial charge in [0.05, 0.1) is 7.11 Å². The molecule has 28 heavy (non-hydrogen) atoms. The van der Waals surface area contributed by atoms with Crippen LogP contribution in [-0.4, -0.2) is 27.7 Å². The number of rotatable bonds is 4. The number of fused-ring (bicyclic) bond motifs is 2. The zero-order valence-electron chi connectivity index (χ0n) is 16.4. The molecule has 2 heterocycles. The largest absolute Gasteiger partial charge is 0.494 e. The van der Waals surface area contributed by atoms with Crippen molar-refractivity contribution in [1.82, 2.24) is 9.55 Å². The summed E-state index contributed by atoms with van der Waals surface area (Å²) in [6, 6.07) is 14.1. The minimum atomic E-state index is -0.857. The third-order valence-electron chi connectivity index (χ3n) is 5.19. The van der Waals surface area contributed by atoms with Gasteiger partial charge in [0.2, 0.25) is 0 Å². The summed E-state index contributed by atoms with van der Waals surface area (Å²) in [7, 11) is 1.64. The van der Waals surface area contributed by atoms with Crippen molar-refractivity contribution in [3.63, 3.8) is 0 Å². The molecule has 0 unspecified atom stereocenters. The number of para-hydroxylation sites is 1. The second kappa shape index (κ2) is 6.68. The Morgan fingerprint density at radius 1 is 1.11 bits per heavy atom. The summed E-state index contributed by atoms with van der Waals surface area (Å²) in [6.07, 6.45) is 0. The van der Waals surface area contributed by atoms with Crippen LogP contribution in [0.15, 0.2) is 42.5 Å². The van der Waals surface area contributed by atoms with Crippen LogP contribution in [0.5, 0.6) is 5.75 Å². The van der Waals surface area contributed by atoms with Gasteiger partial charge in [0.15, 0.2) is 0 Å². The molecule has 142 valence electrons. The van der Waals surface area contributed by atoms with Gasteiger partial charge in [0.1, 0.15) is 17.8 Å². The number of hydrogen-bond donors (Lipinski definition) is 1. The van der Waals surface area contributed by atoms with Crippen LogP contribution in [0.2, 0.25) is 0 Å². The quantitative estimate of drug-likeness (QED) is 0.553. The van der Waals surface area contributed by atoms with Crippen LogP contribution in [-0.2, 0) is 11.3 Å². The van der Waals surface area contributed by atoms with Crippen LogP contribution < -0.4 is 4.74 Å². The molecule has 4 rings (SSSR count). The van der Waals surface area contributed by atoms with Gasteiger partial charge in [-0.25, -0.2) is 4.98 Å². The van der Waals surface area contributed by atoms with E-state index >= 15 is 0 Å². The highest BCUT2D eigenvalue weighted by atomic mass is 16.5. The monoisotopic (exact) mass is 374 g/mol. The summed E-state index contributed by atoms with van der Waals surface area (Å²) in [5.41, 5.74) is 6.77. The van der Waals surface area contributed by atoms with Gasteiger partial charge in [-0.1, -0.05) is 23.8 Å². The maximum absolute atomic E-state index is 11.5. The molecule has 4 aromatic rings. The highest BCUT2D eigenvalue weighted by Crippen LogP contribution is 2.40. The predicted octanol–water partition coefficient (Wildman–Crippen LogP) is 4.87. The second-order valence-electron chi connectivity index (χ2n) is 7.13. The zero-order valence-corrected chi connectivity index (χ0v) is 16.4. The smallest absolute Gasteiger partial charge is 0.323 e.